The lowest BCUT2D eigenvalue weighted by molar-refractivity contribution is 0.0547. The van der Waals surface area contributed by atoms with Gasteiger partial charge >= 0.3 is 6.09 Å². The van der Waals surface area contributed by atoms with Gasteiger partial charge in [0.15, 0.2) is 0 Å². The number of hydrogen-bond donors (Lipinski definition) is 1. The van der Waals surface area contributed by atoms with Gasteiger partial charge in [0.25, 0.3) is 0 Å². The zero-order chi connectivity index (χ0) is 28.2. The molecule has 1 fully saturated rings. The molecule has 3 aromatic rings. The summed E-state index contributed by atoms with van der Waals surface area (Å²) < 4.78 is 29.1. The second-order valence-corrected chi connectivity index (χ2v) is 17.6. The third kappa shape index (κ3) is 5.59. The van der Waals surface area contributed by atoms with Crippen LogP contribution in [-0.4, -0.2) is 53.9 Å². The Labute approximate surface area is 225 Å². The molecular formula is C29H40FN3O4Si. The van der Waals surface area contributed by atoms with Crippen molar-refractivity contribution in [3.05, 3.63) is 42.3 Å². The Kier molecular flexibility index (Phi) is 7.16. The van der Waals surface area contributed by atoms with Crippen molar-refractivity contribution in [1.29, 1.82) is 0 Å². The summed E-state index contributed by atoms with van der Waals surface area (Å²) in [5.41, 5.74) is 0.438. The van der Waals surface area contributed by atoms with E-state index in [4.69, 9.17) is 9.16 Å². The quantitative estimate of drug-likeness (QED) is 0.282. The first-order chi connectivity index (χ1) is 17.5. The molecule has 0 bridgehead atoms. The van der Waals surface area contributed by atoms with Gasteiger partial charge in [-0.2, -0.15) is 4.39 Å². The highest BCUT2D eigenvalue weighted by Crippen LogP contribution is 2.39. The molecule has 1 aromatic carbocycles. The first kappa shape index (κ1) is 28.1. The lowest BCUT2D eigenvalue weighted by atomic mass is 9.95. The topological polar surface area (TPSA) is 76.8 Å². The summed E-state index contributed by atoms with van der Waals surface area (Å²) in [4.78, 5) is 19.5. The molecule has 1 aliphatic rings. The van der Waals surface area contributed by atoms with Gasteiger partial charge in [0.05, 0.1) is 22.9 Å². The van der Waals surface area contributed by atoms with E-state index in [1.165, 1.54) is 4.57 Å². The minimum absolute atomic E-state index is 0.0256. The maximum Gasteiger partial charge on any atom is 0.419 e. The standard InChI is InChI=1S/C29H40FN3O4Si/c1-18(34)20-16-32(17-20)25-13-11-22(26(30)31-25)24-15-19-14-21(37-38(8,9)29(5,6)7)10-12-23(19)33(24)27(35)36-28(2,3)4/h10-15,18,20,34H,16-17H2,1-9H3. The number of hydrogen-bond acceptors (Lipinski definition) is 6. The van der Waals surface area contributed by atoms with Gasteiger partial charge < -0.3 is 19.2 Å². The van der Waals surface area contributed by atoms with E-state index in [-0.39, 0.29) is 16.5 Å². The maximum absolute atomic E-state index is 15.5. The molecule has 206 valence electrons. The van der Waals surface area contributed by atoms with Crippen molar-refractivity contribution in [3.63, 3.8) is 0 Å². The predicted molar refractivity (Wildman–Crippen MR) is 152 cm³/mol. The fraction of sp³-hybridized carbons (Fsp3) is 0.517. The third-order valence-electron chi connectivity index (χ3n) is 7.55. The van der Waals surface area contributed by atoms with Gasteiger partial charge in [0.2, 0.25) is 14.3 Å². The highest BCUT2D eigenvalue weighted by molar-refractivity contribution is 6.74. The molecule has 9 heteroatoms. The molecule has 0 aliphatic carbocycles. The summed E-state index contributed by atoms with van der Waals surface area (Å²) in [6.07, 6.45) is -1.00. The van der Waals surface area contributed by atoms with Crippen molar-refractivity contribution in [2.75, 3.05) is 18.0 Å². The van der Waals surface area contributed by atoms with Crippen molar-refractivity contribution in [3.8, 4) is 17.0 Å². The van der Waals surface area contributed by atoms with Crippen molar-refractivity contribution in [1.82, 2.24) is 9.55 Å². The summed E-state index contributed by atoms with van der Waals surface area (Å²) in [5, 5.41) is 10.5. The van der Waals surface area contributed by atoms with Crippen molar-refractivity contribution in [2.45, 2.75) is 78.3 Å². The monoisotopic (exact) mass is 541 g/mol. The van der Waals surface area contributed by atoms with Crippen LogP contribution in [0.15, 0.2) is 36.4 Å². The van der Waals surface area contributed by atoms with Crippen LogP contribution >= 0.6 is 0 Å². The first-order valence-electron chi connectivity index (χ1n) is 13.1. The van der Waals surface area contributed by atoms with Crippen LogP contribution in [0, 0.1) is 11.9 Å². The highest BCUT2D eigenvalue weighted by Gasteiger charge is 2.39. The van der Waals surface area contributed by atoms with Gasteiger partial charge in [0, 0.05) is 24.4 Å². The van der Waals surface area contributed by atoms with Crippen LogP contribution < -0.4 is 9.33 Å². The van der Waals surface area contributed by atoms with Gasteiger partial charge in [0.1, 0.15) is 17.2 Å². The van der Waals surface area contributed by atoms with Gasteiger partial charge in [-0.25, -0.2) is 14.3 Å². The lowest BCUT2D eigenvalue weighted by Gasteiger charge is -2.41. The fourth-order valence-electron chi connectivity index (χ4n) is 4.20. The highest BCUT2D eigenvalue weighted by atomic mass is 28.4. The van der Waals surface area contributed by atoms with Gasteiger partial charge in [-0.1, -0.05) is 20.8 Å². The number of anilines is 1. The predicted octanol–water partition coefficient (Wildman–Crippen LogP) is 6.83. The normalized spacial score (nSPS) is 15.9. The molecule has 38 heavy (non-hydrogen) atoms. The number of pyridine rings is 1. The Morgan fingerprint density at radius 2 is 1.76 bits per heavy atom. The van der Waals surface area contributed by atoms with Crippen LogP contribution in [-0.2, 0) is 4.74 Å². The molecule has 1 unspecified atom stereocenters. The van der Waals surface area contributed by atoms with Crippen molar-refractivity contribution < 1.29 is 23.5 Å². The number of fused-ring (bicyclic) bond motifs is 1. The number of aliphatic hydroxyl groups is 1. The Hall–Kier alpha value is -2.91. The van der Waals surface area contributed by atoms with Gasteiger partial charge in [-0.3, -0.25) is 0 Å². The molecular weight excluding hydrogens is 501 g/mol. The molecule has 1 atom stereocenters. The smallest absolute Gasteiger partial charge is 0.419 e. The largest absolute Gasteiger partial charge is 0.543 e. The van der Waals surface area contributed by atoms with Crippen LogP contribution in [0.4, 0.5) is 15.0 Å². The number of aliphatic hydroxyl groups excluding tert-OH is 1. The Bertz CT molecular complexity index is 1350. The Morgan fingerprint density at radius 1 is 1.11 bits per heavy atom. The minimum Gasteiger partial charge on any atom is -0.543 e. The van der Waals surface area contributed by atoms with E-state index < -0.39 is 32.1 Å². The summed E-state index contributed by atoms with van der Waals surface area (Å²) >= 11 is 0. The number of aromatic nitrogens is 2. The van der Waals surface area contributed by atoms with Gasteiger partial charge in [-0.15, -0.1) is 0 Å². The Morgan fingerprint density at radius 3 is 2.32 bits per heavy atom. The molecule has 2 aromatic heterocycles. The van der Waals surface area contributed by atoms with Crippen LogP contribution in [0.1, 0.15) is 48.5 Å². The number of ether oxygens (including phenoxy) is 1. The SMILES string of the molecule is CC(O)C1CN(c2ccc(-c3cc4cc(O[Si](C)(C)C(C)(C)C)ccc4n3C(=O)OC(C)(C)C)c(F)n2)C1. The number of rotatable bonds is 5. The van der Waals surface area contributed by atoms with Crippen LogP contribution in [0.25, 0.3) is 22.2 Å². The second kappa shape index (κ2) is 9.68. The van der Waals surface area contributed by atoms with E-state index in [9.17, 15) is 9.90 Å². The van der Waals surface area contributed by atoms with E-state index in [1.807, 2.05) is 23.1 Å². The number of nitrogens with zero attached hydrogens (tertiary/aromatic N) is 3. The van der Waals surface area contributed by atoms with E-state index in [2.05, 4.69) is 38.8 Å². The Balaban J connectivity index is 1.76. The molecule has 4 rings (SSSR count). The molecule has 7 nitrogen and oxygen atoms in total. The fourth-order valence-corrected chi connectivity index (χ4v) is 5.23. The molecule has 1 N–H and O–H groups in total. The number of benzene rings is 1. The van der Waals surface area contributed by atoms with Crippen LogP contribution in [0.3, 0.4) is 0 Å². The zero-order valence-electron chi connectivity index (χ0n) is 23.9. The molecule has 0 amide bonds. The van der Waals surface area contributed by atoms with Crippen LogP contribution in [0.2, 0.25) is 18.1 Å². The number of halogens is 1. The molecule has 1 saturated heterocycles. The summed E-state index contributed by atoms with van der Waals surface area (Å²) in [6, 6.07) is 10.8. The van der Waals surface area contributed by atoms with E-state index in [0.29, 0.717) is 30.1 Å². The zero-order valence-corrected chi connectivity index (χ0v) is 24.9. The van der Waals surface area contributed by atoms with Gasteiger partial charge in [-0.05, 0) is 82.2 Å². The summed E-state index contributed by atoms with van der Waals surface area (Å²) in [5.74, 6) is 0.704. The molecule has 0 spiro atoms. The van der Waals surface area contributed by atoms with E-state index in [0.717, 1.165) is 11.1 Å². The summed E-state index contributed by atoms with van der Waals surface area (Å²) in [6.45, 7) is 19.3. The van der Waals surface area contributed by atoms with E-state index >= 15 is 4.39 Å². The van der Waals surface area contributed by atoms with Crippen LogP contribution in [0.5, 0.6) is 5.75 Å². The third-order valence-corrected chi connectivity index (χ3v) is 11.9. The van der Waals surface area contributed by atoms with E-state index in [1.54, 1.807) is 45.9 Å². The molecule has 0 saturated carbocycles. The molecule has 1 aliphatic heterocycles. The van der Waals surface area contributed by atoms with Crippen molar-refractivity contribution in [2.24, 2.45) is 5.92 Å². The first-order valence-corrected chi connectivity index (χ1v) is 16.1. The number of carbonyl (C=O) groups excluding carboxylic acids is 1. The average molecular weight is 542 g/mol. The minimum atomic E-state index is -2.08. The molecule has 0 radical (unpaired) electrons. The maximum atomic E-state index is 15.5. The van der Waals surface area contributed by atoms with Crippen molar-refractivity contribution >= 4 is 31.1 Å². The second-order valence-electron chi connectivity index (χ2n) is 12.8. The lowest BCUT2D eigenvalue weighted by Crippen LogP contribution is -2.51. The number of carbonyl (C=O) groups is 1. The average Bonchev–Trinajstić information content (AvgIpc) is 3.08. The molecule has 3 heterocycles. The summed E-state index contributed by atoms with van der Waals surface area (Å²) in [7, 11) is -2.08.